The summed E-state index contributed by atoms with van der Waals surface area (Å²) < 4.78 is 72.1. The number of ether oxygens (including phenoxy) is 14. The van der Waals surface area contributed by atoms with Gasteiger partial charge in [-0.1, -0.05) is 92.5 Å². The smallest absolute Gasteiger partial charge is 0.147 e. The average molecular weight is 1080 g/mol. The lowest BCUT2D eigenvalue weighted by atomic mass is 10.1. The lowest BCUT2D eigenvalue weighted by molar-refractivity contribution is -0.0595. The number of unbranched alkanes of at least 4 members (excludes halogenated alkanes) is 1. The number of hydrogen-bond acceptors (Lipinski definition) is 14. The van der Waals surface area contributed by atoms with Crippen LogP contribution in [0.15, 0.2) is 177 Å². The van der Waals surface area contributed by atoms with Gasteiger partial charge in [0.1, 0.15) is 6.79 Å². The third-order valence-electron chi connectivity index (χ3n) is 7.49. The van der Waals surface area contributed by atoms with Crippen LogP contribution in [0.25, 0.3) is 0 Å². The van der Waals surface area contributed by atoms with Crippen LogP contribution >= 0.6 is 0 Å². The van der Waals surface area contributed by atoms with Crippen LogP contribution in [0.4, 0.5) is 0 Å². The van der Waals surface area contributed by atoms with E-state index in [9.17, 15) is 0 Å². The van der Waals surface area contributed by atoms with Crippen LogP contribution < -0.4 is 0 Å². The van der Waals surface area contributed by atoms with Gasteiger partial charge in [0, 0.05) is 19.6 Å². The van der Waals surface area contributed by atoms with Gasteiger partial charge in [-0.3, -0.25) is 0 Å². The molecular weight excluding hydrogens is 969 g/mol. The van der Waals surface area contributed by atoms with Gasteiger partial charge in [-0.05, 0) is 40.0 Å². The lowest BCUT2D eigenvalue weighted by Gasteiger charge is -2.23. The molecule has 0 aliphatic heterocycles. The maximum absolute atomic E-state index is 5.45. The van der Waals surface area contributed by atoms with Gasteiger partial charge in [0.2, 0.25) is 0 Å². The summed E-state index contributed by atoms with van der Waals surface area (Å²) >= 11 is 0. The SMILES string of the molecule is C=CCOCC(C)(C)OCC=C.C=CCOCC(C)OCC=C.C=CCOCC(CC)OCC=C.C=CCOCCCCOCC=C.C=CCOCCCOC=C.C=CCOCCOCC=C.C=CCOCOCC=C. The third kappa shape index (κ3) is 106. The van der Waals surface area contributed by atoms with Crippen LogP contribution in [0.1, 0.15) is 53.4 Å². The molecule has 0 fully saturated rings. The zero-order chi connectivity index (χ0) is 58.5. The van der Waals surface area contributed by atoms with E-state index in [2.05, 4.69) is 99.0 Å². The molecule has 0 heterocycles. The van der Waals surface area contributed by atoms with Gasteiger partial charge in [0.25, 0.3) is 0 Å². The minimum atomic E-state index is -0.239. The second kappa shape index (κ2) is 87.3. The Bertz CT molecular complexity index is 1200. The van der Waals surface area contributed by atoms with E-state index in [1.165, 1.54) is 6.26 Å². The molecule has 0 aliphatic rings. The number of rotatable bonds is 51. The summed E-state index contributed by atoms with van der Waals surface area (Å²) in [4.78, 5) is 0. The van der Waals surface area contributed by atoms with E-state index >= 15 is 0 Å². The molecule has 0 bridgehead atoms. The summed E-state index contributed by atoms with van der Waals surface area (Å²) in [5, 5.41) is 0. The molecular formula is C62H110O14. The largest absolute Gasteiger partial charge is 0.502 e. The van der Waals surface area contributed by atoms with E-state index in [-0.39, 0.29) is 17.8 Å². The molecule has 0 saturated carbocycles. The molecule has 0 aromatic heterocycles. The van der Waals surface area contributed by atoms with Crippen LogP contribution in [0.2, 0.25) is 0 Å². The Morgan fingerprint density at radius 3 is 1.09 bits per heavy atom. The highest BCUT2D eigenvalue weighted by Gasteiger charge is 2.17. The Labute approximate surface area is 465 Å². The molecule has 0 aromatic carbocycles. The van der Waals surface area contributed by atoms with E-state index in [4.69, 9.17) is 66.3 Å². The van der Waals surface area contributed by atoms with Crippen molar-refractivity contribution in [1.82, 2.24) is 0 Å². The summed E-state index contributed by atoms with van der Waals surface area (Å²) in [5.74, 6) is 0. The van der Waals surface area contributed by atoms with Gasteiger partial charge in [0.05, 0.1) is 156 Å². The Hall–Kier alpha value is -4.36. The van der Waals surface area contributed by atoms with Gasteiger partial charge in [0.15, 0.2) is 0 Å². The highest BCUT2D eigenvalue weighted by atomic mass is 16.7. The first-order chi connectivity index (χ1) is 36.9. The first-order valence-electron chi connectivity index (χ1n) is 25.7. The molecule has 0 aliphatic carbocycles. The van der Waals surface area contributed by atoms with E-state index in [1.54, 1.807) is 79.0 Å². The summed E-state index contributed by atoms with van der Waals surface area (Å²) in [6.45, 7) is 71.5. The summed E-state index contributed by atoms with van der Waals surface area (Å²) in [6.07, 6.45) is 28.1. The van der Waals surface area contributed by atoms with Crippen LogP contribution in [0.3, 0.4) is 0 Å². The molecule has 0 aromatic rings. The minimum absolute atomic E-state index is 0.132. The summed E-state index contributed by atoms with van der Waals surface area (Å²) in [5.41, 5.74) is -0.239. The molecule has 0 amide bonds. The monoisotopic (exact) mass is 1080 g/mol. The highest BCUT2D eigenvalue weighted by molar-refractivity contribution is 4.75. The quantitative estimate of drug-likeness (QED) is 0.0248. The molecule has 0 spiro atoms. The second-order valence-electron chi connectivity index (χ2n) is 15.3. The van der Waals surface area contributed by atoms with Crippen molar-refractivity contribution in [3.05, 3.63) is 177 Å². The fourth-order valence-electron chi connectivity index (χ4n) is 4.09. The lowest BCUT2D eigenvalue weighted by Crippen LogP contribution is -2.30. The van der Waals surface area contributed by atoms with Gasteiger partial charge in [-0.25, -0.2) is 0 Å². The third-order valence-corrected chi connectivity index (χ3v) is 7.49. The fourth-order valence-corrected chi connectivity index (χ4v) is 4.09. The number of hydrogen-bond donors (Lipinski definition) is 0. The second-order valence-corrected chi connectivity index (χ2v) is 15.3. The van der Waals surface area contributed by atoms with Crippen LogP contribution in [0, 0.1) is 0 Å². The molecule has 0 rings (SSSR count). The molecule has 442 valence electrons. The molecule has 0 saturated heterocycles. The summed E-state index contributed by atoms with van der Waals surface area (Å²) in [6, 6.07) is 0. The molecule has 2 atom stereocenters. The minimum Gasteiger partial charge on any atom is -0.502 e. The van der Waals surface area contributed by atoms with Crippen molar-refractivity contribution in [2.75, 3.05) is 152 Å². The molecule has 14 heteroatoms. The fraction of sp³-hybridized carbons (Fsp3) is 0.548. The van der Waals surface area contributed by atoms with E-state index < -0.39 is 0 Å². The van der Waals surface area contributed by atoms with Gasteiger partial charge < -0.3 is 66.3 Å². The highest BCUT2D eigenvalue weighted by Crippen LogP contribution is 2.09. The molecule has 0 N–H and O–H groups in total. The Kier molecular flexibility index (Phi) is 98.3. The average Bonchev–Trinajstić information content (AvgIpc) is 3.42. The normalized spacial score (nSPS) is 10.5. The van der Waals surface area contributed by atoms with Gasteiger partial charge in [-0.15, -0.1) is 85.5 Å². The van der Waals surface area contributed by atoms with Crippen molar-refractivity contribution < 1.29 is 66.3 Å². The first kappa shape index (κ1) is 85.6. The standard InChI is InChI=1S/3C10H18O2.C9H16O2.2C8H14O2.C7H12O2/c1-5-7-11-9-10(3,4)12-8-6-2;1-4-7-11-9-10(6-3)12-8-5-2;1-3-7-11-9-5-6-10-12-8-4-2;1-4-6-10-8-9(3)11-7-5-2;1-3-6-10-8-5-7-9-4-2;1-3-5-9-7-8-10-6-4-2;1-3-5-8-7-9-6-4-2/h5-6H,1-2,7-9H2,3-4H3;4-5,10H,1-2,6-9H2,3H3;3-4H,1-2,5-10H2;4-5,9H,1-2,6-8H2,3H3;2*3-4H,1-2,5-8H2;3-4H,1-2,5-7H2. The predicted molar refractivity (Wildman–Crippen MR) is 321 cm³/mol. The van der Waals surface area contributed by atoms with Crippen molar-refractivity contribution in [3.8, 4) is 0 Å². The van der Waals surface area contributed by atoms with Crippen LogP contribution in [-0.4, -0.2) is 170 Å². The molecule has 0 radical (unpaired) electrons. The zero-order valence-corrected chi connectivity index (χ0v) is 48.4. The topological polar surface area (TPSA) is 129 Å². The Morgan fingerprint density at radius 1 is 0.355 bits per heavy atom. The molecule has 2 unspecified atom stereocenters. The van der Waals surface area contributed by atoms with E-state index in [1.807, 2.05) is 20.8 Å². The zero-order valence-electron chi connectivity index (χ0n) is 48.4. The van der Waals surface area contributed by atoms with E-state index in [0.717, 1.165) is 45.5 Å². The van der Waals surface area contributed by atoms with Crippen molar-refractivity contribution in [1.29, 1.82) is 0 Å². The van der Waals surface area contributed by atoms with Crippen molar-refractivity contribution >= 4 is 0 Å². The Balaban J connectivity index is -0.000000147. The molecule has 76 heavy (non-hydrogen) atoms. The summed E-state index contributed by atoms with van der Waals surface area (Å²) in [7, 11) is 0. The van der Waals surface area contributed by atoms with Crippen molar-refractivity contribution in [2.45, 2.75) is 71.2 Å². The van der Waals surface area contributed by atoms with Crippen molar-refractivity contribution in [2.24, 2.45) is 0 Å². The molecule has 14 nitrogen and oxygen atoms in total. The maximum atomic E-state index is 5.45. The van der Waals surface area contributed by atoms with Crippen LogP contribution in [0.5, 0.6) is 0 Å². The van der Waals surface area contributed by atoms with Gasteiger partial charge in [-0.2, -0.15) is 0 Å². The first-order valence-corrected chi connectivity index (χ1v) is 25.7. The van der Waals surface area contributed by atoms with E-state index in [0.29, 0.717) is 132 Å². The van der Waals surface area contributed by atoms with Crippen LogP contribution in [-0.2, 0) is 66.3 Å². The predicted octanol–water partition coefficient (Wildman–Crippen LogP) is 12.8. The Morgan fingerprint density at radius 2 is 0.697 bits per heavy atom. The van der Waals surface area contributed by atoms with Gasteiger partial charge >= 0.3 is 0 Å². The van der Waals surface area contributed by atoms with Crippen molar-refractivity contribution in [3.63, 3.8) is 0 Å². The maximum Gasteiger partial charge on any atom is 0.147 e.